The third-order valence-corrected chi connectivity index (χ3v) is 7.76. The number of para-hydroxylation sites is 2. The van der Waals surface area contributed by atoms with Gasteiger partial charge in [-0.05, 0) is 30.9 Å². The number of benzene rings is 1. The Morgan fingerprint density at radius 1 is 1.15 bits per heavy atom. The van der Waals surface area contributed by atoms with E-state index in [9.17, 15) is 9.59 Å². The molecule has 34 heavy (non-hydrogen) atoms. The van der Waals surface area contributed by atoms with Crippen LogP contribution in [-0.2, 0) is 11.3 Å². The first-order chi connectivity index (χ1) is 16.5. The van der Waals surface area contributed by atoms with Crippen LogP contribution < -0.4 is 20.1 Å². The number of thiazole rings is 1. The van der Waals surface area contributed by atoms with Crippen molar-refractivity contribution in [1.29, 1.82) is 0 Å². The number of piperidine rings is 1. The molecule has 2 fully saturated rings. The van der Waals surface area contributed by atoms with E-state index in [0.29, 0.717) is 42.4 Å². The van der Waals surface area contributed by atoms with Gasteiger partial charge >= 0.3 is 0 Å². The lowest BCUT2D eigenvalue weighted by Crippen LogP contribution is -2.50. The van der Waals surface area contributed by atoms with Gasteiger partial charge in [-0.15, -0.1) is 0 Å². The molecule has 10 heteroatoms. The second-order valence-corrected chi connectivity index (χ2v) is 10.0. The SMILES string of the molecule is COc1ccccc1N1CCN(C(=O)Cn2cnc3nc(N4CCC[C@H](C)C4)sc3c2=O)CC1. The Morgan fingerprint density at radius 3 is 2.71 bits per heavy atom. The molecule has 2 aliphatic heterocycles. The molecule has 5 rings (SSSR count). The van der Waals surface area contributed by atoms with Gasteiger partial charge in [-0.3, -0.25) is 14.2 Å². The first kappa shape index (κ1) is 22.6. The summed E-state index contributed by atoms with van der Waals surface area (Å²) in [6, 6.07) is 7.91. The zero-order chi connectivity index (χ0) is 23.7. The fourth-order valence-corrected chi connectivity index (χ4v) is 5.78. The third-order valence-electron chi connectivity index (χ3n) is 6.66. The number of hydrogen-bond acceptors (Lipinski definition) is 8. The Kier molecular flexibility index (Phi) is 6.40. The summed E-state index contributed by atoms with van der Waals surface area (Å²) in [5, 5.41) is 0.850. The van der Waals surface area contributed by atoms with Crippen LogP contribution in [0.5, 0.6) is 5.75 Å². The van der Waals surface area contributed by atoms with Crippen LogP contribution >= 0.6 is 11.3 Å². The number of piperazine rings is 1. The van der Waals surface area contributed by atoms with Crippen LogP contribution in [0.2, 0.25) is 0 Å². The molecule has 2 aliphatic rings. The fraction of sp³-hybridized carbons (Fsp3) is 0.500. The molecule has 0 saturated carbocycles. The van der Waals surface area contributed by atoms with Gasteiger partial charge in [-0.2, -0.15) is 4.98 Å². The molecule has 9 nitrogen and oxygen atoms in total. The van der Waals surface area contributed by atoms with Gasteiger partial charge in [0.25, 0.3) is 5.56 Å². The average Bonchev–Trinajstić information content (AvgIpc) is 3.31. The normalized spacial score (nSPS) is 19.0. The lowest BCUT2D eigenvalue weighted by atomic mass is 10.0. The molecule has 0 aliphatic carbocycles. The van der Waals surface area contributed by atoms with Crippen molar-refractivity contribution in [1.82, 2.24) is 19.4 Å². The van der Waals surface area contributed by atoms with Gasteiger partial charge < -0.3 is 19.4 Å². The second kappa shape index (κ2) is 9.61. The van der Waals surface area contributed by atoms with Crippen molar-refractivity contribution < 1.29 is 9.53 Å². The molecule has 3 aromatic rings. The van der Waals surface area contributed by atoms with E-state index in [2.05, 4.69) is 26.7 Å². The van der Waals surface area contributed by atoms with Crippen LogP contribution in [0, 0.1) is 5.92 Å². The van der Waals surface area contributed by atoms with E-state index in [-0.39, 0.29) is 18.0 Å². The van der Waals surface area contributed by atoms with Crippen molar-refractivity contribution in [2.45, 2.75) is 26.3 Å². The van der Waals surface area contributed by atoms with Crippen LogP contribution in [0.3, 0.4) is 0 Å². The van der Waals surface area contributed by atoms with Crippen molar-refractivity contribution in [3.8, 4) is 5.75 Å². The molecule has 4 heterocycles. The summed E-state index contributed by atoms with van der Waals surface area (Å²) in [7, 11) is 1.67. The van der Waals surface area contributed by atoms with E-state index < -0.39 is 0 Å². The van der Waals surface area contributed by atoms with Crippen molar-refractivity contribution in [3.05, 3.63) is 40.9 Å². The second-order valence-electron chi connectivity index (χ2n) is 9.06. The number of ether oxygens (including phenoxy) is 1. The summed E-state index contributed by atoms with van der Waals surface area (Å²) < 4.78 is 7.40. The number of hydrogen-bond donors (Lipinski definition) is 0. The molecule has 1 amide bonds. The molecule has 0 unspecified atom stereocenters. The summed E-state index contributed by atoms with van der Waals surface area (Å²) in [4.78, 5) is 41.4. The number of rotatable bonds is 5. The van der Waals surface area contributed by atoms with Gasteiger partial charge in [0.05, 0.1) is 12.8 Å². The number of methoxy groups -OCH3 is 1. The van der Waals surface area contributed by atoms with E-state index in [1.807, 2.05) is 29.2 Å². The molecule has 0 N–H and O–H groups in total. The van der Waals surface area contributed by atoms with Gasteiger partial charge in [0.1, 0.15) is 23.3 Å². The zero-order valence-electron chi connectivity index (χ0n) is 19.6. The van der Waals surface area contributed by atoms with Crippen LogP contribution in [-0.4, -0.2) is 71.7 Å². The number of nitrogens with zero attached hydrogens (tertiary/aromatic N) is 6. The van der Waals surface area contributed by atoms with Crippen molar-refractivity contribution in [3.63, 3.8) is 0 Å². The Hall–Kier alpha value is -3.14. The molecule has 180 valence electrons. The smallest absolute Gasteiger partial charge is 0.273 e. The molecule has 0 spiro atoms. The summed E-state index contributed by atoms with van der Waals surface area (Å²) >= 11 is 1.39. The van der Waals surface area contributed by atoms with Crippen molar-refractivity contribution >= 4 is 38.4 Å². The summed E-state index contributed by atoms with van der Waals surface area (Å²) in [6.07, 6.45) is 3.81. The predicted octanol–water partition coefficient (Wildman–Crippen LogP) is 2.45. The Labute approximate surface area is 202 Å². The van der Waals surface area contributed by atoms with Crippen LogP contribution in [0.4, 0.5) is 10.8 Å². The predicted molar refractivity (Wildman–Crippen MR) is 134 cm³/mol. The van der Waals surface area contributed by atoms with Gasteiger partial charge in [0.2, 0.25) is 5.91 Å². The van der Waals surface area contributed by atoms with Crippen LogP contribution in [0.1, 0.15) is 19.8 Å². The highest BCUT2D eigenvalue weighted by molar-refractivity contribution is 7.22. The maximum Gasteiger partial charge on any atom is 0.273 e. The summed E-state index contributed by atoms with van der Waals surface area (Å²) in [5.41, 5.74) is 1.31. The molecule has 2 aromatic heterocycles. The Bertz CT molecular complexity index is 1230. The number of fused-ring (bicyclic) bond motifs is 1. The third kappa shape index (κ3) is 4.46. The molecule has 0 bridgehead atoms. The van der Waals surface area contributed by atoms with E-state index >= 15 is 0 Å². The summed E-state index contributed by atoms with van der Waals surface area (Å²) in [6.45, 7) is 6.76. The quantitative estimate of drug-likeness (QED) is 0.552. The van der Waals surface area contributed by atoms with E-state index in [4.69, 9.17) is 4.74 Å². The number of carbonyl (C=O) groups is 1. The first-order valence-corrected chi connectivity index (χ1v) is 12.6. The zero-order valence-corrected chi connectivity index (χ0v) is 20.5. The number of anilines is 2. The molecule has 2 saturated heterocycles. The lowest BCUT2D eigenvalue weighted by molar-refractivity contribution is -0.132. The van der Waals surface area contributed by atoms with E-state index in [0.717, 1.165) is 36.1 Å². The number of aromatic nitrogens is 3. The maximum atomic E-state index is 13.1. The molecule has 1 aromatic carbocycles. The standard InChI is InChI=1S/C24H30N6O3S/c1-17-6-5-9-29(14-17)24-26-22-21(34-24)23(32)30(16-25-22)15-20(31)28-12-10-27(11-13-28)18-7-3-4-8-19(18)33-2/h3-4,7-8,16-17H,5-6,9-15H2,1-2H3/t17-/m0/s1. The van der Waals surface area contributed by atoms with Crippen molar-refractivity contribution in [2.24, 2.45) is 5.92 Å². The minimum Gasteiger partial charge on any atom is -0.495 e. The van der Waals surface area contributed by atoms with Gasteiger partial charge in [0, 0.05) is 39.3 Å². The molecule has 1 atom stereocenters. The molecular formula is C24H30N6O3S. The first-order valence-electron chi connectivity index (χ1n) is 11.8. The average molecular weight is 483 g/mol. The minimum atomic E-state index is -0.195. The topological polar surface area (TPSA) is 83.8 Å². The van der Waals surface area contributed by atoms with Crippen LogP contribution in [0.25, 0.3) is 10.3 Å². The summed E-state index contributed by atoms with van der Waals surface area (Å²) in [5.74, 6) is 1.38. The molecular weight excluding hydrogens is 452 g/mol. The highest BCUT2D eigenvalue weighted by Gasteiger charge is 2.25. The highest BCUT2D eigenvalue weighted by Crippen LogP contribution is 2.30. The van der Waals surface area contributed by atoms with Crippen molar-refractivity contribution in [2.75, 3.05) is 56.2 Å². The fourth-order valence-electron chi connectivity index (χ4n) is 4.78. The number of carbonyl (C=O) groups excluding carboxylic acids is 1. The van der Waals surface area contributed by atoms with E-state index in [1.54, 1.807) is 7.11 Å². The van der Waals surface area contributed by atoms with E-state index in [1.165, 1.54) is 28.7 Å². The van der Waals surface area contributed by atoms with Gasteiger partial charge in [-0.1, -0.05) is 30.4 Å². The highest BCUT2D eigenvalue weighted by atomic mass is 32.1. The Morgan fingerprint density at radius 2 is 1.94 bits per heavy atom. The van der Waals surface area contributed by atoms with Gasteiger partial charge in [-0.25, -0.2) is 4.98 Å². The van der Waals surface area contributed by atoms with Gasteiger partial charge in [0.15, 0.2) is 10.8 Å². The van der Waals surface area contributed by atoms with Crippen LogP contribution in [0.15, 0.2) is 35.4 Å². The molecule has 0 radical (unpaired) electrons. The maximum absolute atomic E-state index is 13.1. The largest absolute Gasteiger partial charge is 0.495 e. The number of amides is 1. The Balaban J connectivity index is 1.26. The minimum absolute atomic E-state index is 0.00951. The monoisotopic (exact) mass is 482 g/mol. The lowest BCUT2D eigenvalue weighted by Gasteiger charge is -2.36.